The maximum absolute atomic E-state index is 12.1. The maximum atomic E-state index is 12.1. The third-order valence-electron chi connectivity index (χ3n) is 4.32. The van der Waals surface area contributed by atoms with Crippen LogP contribution in [0.15, 0.2) is 0 Å². The molecule has 2 aliphatic rings. The van der Waals surface area contributed by atoms with Gasteiger partial charge in [0.15, 0.2) is 0 Å². The van der Waals surface area contributed by atoms with Crippen LogP contribution in [-0.4, -0.2) is 42.0 Å². The van der Waals surface area contributed by atoms with E-state index in [1.165, 1.54) is 12.8 Å². The fourth-order valence-corrected chi connectivity index (χ4v) is 3.16. The average molecular weight is 267 g/mol. The number of hydrogen-bond donors (Lipinski definition) is 2. The predicted octanol–water partition coefficient (Wildman–Crippen LogP) is 1.35. The third-order valence-corrected chi connectivity index (χ3v) is 4.32. The van der Waals surface area contributed by atoms with E-state index >= 15 is 0 Å². The lowest BCUT2D eigenvalue weighted by atomic mass is 9.90. The standard InChI is InChI=1S/C15H29N3O/c1-4-17-15(14(16)19,12-5-6-12)10-18(9-11(2)3)13-7-8-13/h11-13,17H,4-10H2,1-3H3,(H2,16,19). The molecule has 0 aliphatic heterocycles. The minimum absolute atomic E-state index is 0.161. The van der Waals surface area contributed by atoms with Gasteiger partial charge in [0.25, 0.3) is 0 Å². The van der Waals surface area contributed by atoms with E-state index in [4.69, 9.17) is 5.73 Å². The summed E-state index contributed by atoms with van der Waals surface area (Å²) >= 11 is 0. The van der Waals surface area contributed by atoms with Crippen LogP contribution in [-0.2, 0) is 4.79 Å². The van der Waals surface area contributed by atoms with E-state index in [-0.39, 0.29) is 5.91 Å². The summed E-state index contributed by atoms with van der Waals surface area (Å²) in [5.41, 5.74) is 5.28. The Morgan fingerprint density at radius 1 is 1.37 bits per heavy atom. The SMILES string of the molecule is CCNC(CN(CC(C)C)C1CC1)(C(N)=O)C1CC1. The molecule has 1 atom stereocenters. The molecule has 0 bridgehead atoms. The van der Waals surface area contributed by atoms with E-state index in [1.807, 2.05) is 0 Å². The van der Waals surface area contributed by atoms with Crippen LogP contribution >= 0.6 is 0 Å². The molecule has 4 nitrogen and oxygen atoms in total. The molecule has 110 valence electrons. The van der Waals surface area contributed by atoms with Crippen molar-refractivity contribution in [1.29, 1.82) is 0 Å². The highest BCUT2D eigenvalue weighted by molar-refractivity contribution is 5.86. The molecule has 0 aromatic carbocycles. The van der Waals surface area contributed by atoms with Gasteiger partial charge < -0.3 is 11.1 Å². The summed E-state index contributed by atoms with van der Waals surface area (Å²) < 4.78 is 0. The average Bonchev–Trinajstić information content (AvgIpc) is 3.16. The van der Waals surface area contributed by atoms with Crippen molar-refractivity contribution in [3.63, 3.8) is 0 Å². The Labute approximate surface area is 117 Å². The summed E-state index contributed by atoms with van der Waals surface area (Å²) in [5, 5.41) is 3.43. The van der Waals surface area contributed by atoms with E-state index in [9.17, 15) is 4.79 Å². The van der Waals surface area contributed by atoms with Crippen molar-refractivity contribution >= 4 is 5.91 Å². The van der Waals surface area contributed by atoms with Crippen molar-refractivity contribution in [2.45, 2.75) is 58.0 Å². The van der Waals surface area contributed by atoms with E-state index in [1.54, 1.807) is 0 Å². The van der Waals surface area contributed by atoms with Crippen LogP contribution in [0.2, 0.25) is 0 Å². The zero-order chi connectivity index (χ0) is 14.0. The molecule has 0 aromatic heterocycles. The van der Waals surface area contributed by atoms with Crippen LogP contribution in [0, 0.1) is 11.8 Å². The predicted molar refractivity (Wildman–Crippen MR) is 77.8 cm³/mol. The largest absolute Gasteiger partial charge is 0.368 e. The van der Waals surface area contributed by atoms with Gasteiger partial charge in [-0.05, 0) is 44.1 Å². The molecular weight excluding hydrogens is 238 g/mol. The number of amides is 1. The van der Waals surface area contributed by atoms with Gasteiger partial charge in [0.05, 0.1) is 0 Å². The zero-order valence-electron chi connectivity index (χ0n) is 12.6. The molecule has 0 aromatic rings. The van der Waals surface area contributed by atoms with Gasteiger partial charge in [0, 0.05) is 19.1 Å². The fraction of sp³-hybridized carbons (Fsp3) is 0.933. The molecule has 2 fully saturated rings. The molecule has 1 unspecified atom stereocenters. The Hall–Kier alpha value is -0.610. The van der Waals surface area contributed by atoms with Crippen LogP contribution in [0.25, 0.3) is 0 Å². The molecule has 1 amide bonds. The molecule has 3 N–H and O–H groups in total. The molecule has 2 rings (SSSR count). The summed E-state index contributed by atoms with van der Waals surface area (Å²) in [4.78, 5) is 14.6. The molecule has 4 heteroatoms. The van der Waals surface area contributed by atoms with Gasteiger partial charge in [-0.2, -0.15) is 0 Å². The van der Waals surface area contributed by atoms with Crippen molar-refractivity contribution in [2.75, 3.05) is 19.6 Å². The second-order valence-electron chi connectivity index (χ2n) is 6.69. The first-order valence-electron chi connectivity index (χ1n) is 7.78. The summed E-state index contributed by atoms with van der Waals surface area (Å²) in [6, 6.07) is 0.679. The number of rotatable bonds is 9. The molecule has 0 spiro atoms. The van der Waals surface area contributed by atoms with Gasteiger partial charge in [-0.15, -0.1) is 0 Å². The monoisotopic (exact) mass is 267 g/mol. The molecule has 0 saturated heterocycles. The summed E-state index contributed by atoms with van der Waals surface area (Å²) in [7, 11) is 0. The second kappa shape index (κ2) is 5.80. The Kier molecular flexibility index (Phi) is 4.51. The molecule has 2 saturated carbocycles. The van der Waals surface area contributed by atoms with Gasteiger partial charge >= 0.3 is 0 Å². The topological polar surface area (TPSA) is 58.4 Å². The van der Waals surface area contributed by atoms with E-state index in [0.29, 0.717) is 17.9 Å². The quantitative estimate of drug-likeness (QED) is 0.663. The lowest BCUT2D eigenvalue weighted by Gasteiger charge is -2.38. The minimum Gasteiger partial charge on any atom is -0.368 e. The maximum Gasteiger partial charge on any atom is 0.239 e. The van der Waals surface area contributed by atoms with Crippen LogP contribution in [0.1, 0.15) is 46.5 Å². The Morgan fingerprint density at radius 2 is 2.00 bits per heavy atom. The van der Waals surface area contributed by atoms with Crippen molar-refractivity contribution in [3.05, 3.63) is 0 Å². The highest BCUT2D eigenvalue weighted by Crippen LogP contribution is 2.41. The van der Waals surface area contributed by atoms with E-state index in [2.05, 4.69) is 31.0 Å². The number of nitrogens with one attached hydrogen (secondary N) is 1. The van der Waals surface area contributed by atoms with Gasteiger partial charge in [0.2, 0.25) is 5.91 Å². The Morgan fingerprint density at radius 3 is 2.37 bits per heavy atom. The summed E-state index contributed by atoms with van der Waals surface area (Å²) in [6.07, 6.45) is 4.82. The van der Waals surface area contributed by atoms with Gasteiger partial charge in [0.1, 0.15) is 5.54 Å². The normalized spacial score (nSPS) is 22.8. The first kappa shape index (κ1) is 14.8. The number of carbonyl (C=O) groups is 1. The molecule has 0 radical (unpaired) electrons. The highest BCUT2D eigenvalue weighted by atomic mass is 16.1. The van der Waals surface area contributed by atoms with Gasteiger partial charge in [-0.1, -0.05) is 20.8 Å². The molecule has 2 aliphatic carbocycles. The van der Waals surface area contributed by atoms with Crippen molar-refractivity contribution in [2.24, 2.45) is 17.6 Å². The van der Waals surface area contributed by atoms with Crippen molar-refractivity contribution in [1.82, 2.24) is 10.2 Å². The number of nitrogens with two attached hydrogens (primary N) is 1. The van der Waals surface area contributed by atoms with Crippen molar-refractivity contribution in [3.8, 4) is 0 Å². The lowest BCUT2D eigenvalue weighted by molar-refractivity contribution is -0.126. The van der Waals surface area contributed by atoms with Crippen molar-refractivity contribution < 1.29 is 4.79 Å². The van der Waals surface area contributed by atoms with Gasteiger partial charge in [-0.3, -0.25) is 9.69 Å². The van der Waals surface area contributed by atoms with Gasteiger partial charge in [-0.25, -0.2) is 0 Å². The second-order valence-corrected chi connectivity index (χ2v) is 6.69. The molecule has 0 heterocycles. The van der Waals surface area contributed by atoms with Crippen LogP contribution < -0.4 is 11.1 Å². The smallest absolute Gasteiger partial charge is 0.239 e. The number of hydrogen-bond acceptors (Lipinski definition) is 3. The summed E-state index contributed by atoms with van der Waals surface area (Å²) in [6.45, 7) is 9.21. The molecule has 19 heavy (non-hydrogen) atoms. The summed E-state index contributed by atoms with van der Waals surface area (Å²) in [5.74, 6) is 0.914. The zero-order valence-corrected chi connectivity index (χ0v) is 12.6. The lowest BCUT2D eigenvalue weighted by Crippen LogP contribution is -2.63. The van der Waals surface area contributed by atoms with Crippen LogP contribution in [0.5, 0.6) is 0 Å². The Bertz CT molecular complexity index is 323. The highest BCUT2D eigenvalue weighted by Gasteiger charge is 2.51. The Balaban J connectivity index is 2.10. The first-order chi connectivity index (χ1) is 8.99. The van der Waals surface area contributed by atoms with E-state index in [0.717, 1.165) is 32.5 Å². The third kappa shape index (κ3) is 3.48. The molecular formula is C15H29N3O. The number of carbonyl (C=O) groups excluding carboxylic acids is 1. The number of nitrogens with zero attached hydrogens (tertiary/aromatic N) is 1. The van der Waals surface area contributed by atoms with E-state index < -0.39 is 5.54 Å². The number of likely N-dealkylation sites (N-methyl/N-ethyl adjacent to an activating group) is 1. The van der Waals surface area contributed by atoms with Crippen LogP contribution in [0.4, 0.5) is 0 Å². The minimum atomic E-state index is -0.494. The number of primary amides is 1. The van der Waals surface area contributed by atoms with Crippen LogP contribution in [0.3, 0.4) is 0 Å². The first-order valence-corrected chi connectivity index (χ1v) is 7.78. The fourth-order valence-electron chi connectivity index (χ4n) is 3.16.